The Morgan fingerprint density at radius 2 is 1.90 bits per heavy atom. The van der Waals surface area contributed by atoms with Gasteiger partial charge in [-0.25, -0.2) is 0 Å². The number of ketones is 1. The van der Waals surface area contributed by atoms with Crippen LogP contribution in [0.5, 0.6) is 0 Å². The van der Waals surface area contributed by atoms with Crippen molar-refractivity contribution in [3.8, 4) is 0 Å². The molecule has 0 aromatic heterocycles. The van der Waals surface area contributed by atoms with Crippen LogP contribution in [0.4, 0.5) is 0 Å². The molecule has 1 fully saturated rings. The van der Waals surface area contributed by atoms with E-state index in [0.29, 0.717) is 18.6 Å². The van der Waals surface area contributed by atoms with Crippen molar-refractivity contribution in [3.63, 3.8) is 0 Å². The van der Waals surface area contributed by atoms with Crippen molar-refractivity contribution in [2.75, 3.05) is 7.11 Å². The molecule has 0 amide bonds. The van der Waals surface area contributed by atoms with Crippen molar-refractivity contribution < 1.29 is 14.0 Å². The molecular formula is C16H22O3Si. The third-order valence-corrected chi connectivity index (χ3v) is 4.31. The molecule has 1 unspecified atom stereocenters. The van der Waals surface area contributed by atoms with Gasteiger partial charge in [-0.1, -0.05) is 30.3 Å². The Hall–Kier alpha value is -1.39. The van der Waals surface area contributed by atoms with Crippen molar-refractivity contribution in [3.05, 3.63) is 41.7 Å². The van der Waals surface area contributed by atoms with E-state index in [2.05, 4.69) is 19.6 Å². The quantitative estimate of drug-likeness (QED) is 0.613. The zero-order valence-corrected chi connectivity index (χ0v) is 13.6. The van der Waals surface area contributed by atoms with Crippen LogP contribution in [0.1, 0.15) is 18.4 Å². The molecule has 0 N–H and O–H groups in total. The fourth-order valence-corrected chi connectivity index (χ4v) is 3.80. The molecule has 20 heavy (non-hydrogen) atoms. The Labute approximate surface area is 121 Å². The highest BCUT2D eigenvalue weighted by atomic mass is 28.4. The minimum Gasteiger partial charge on any atom is -0.498 e. The summed E-state index contributed by atoms with van der Waals surface area (Å²) in [4.78, 5) is 12.2. The number of methoxy groups -OCH3 is 1. The summed E-state index contributed by atoms with van der Waals surface area (Å²) in [5.41, 5.74) is 0.164. The third kappa shape index (κ3) is 3.02. The summed E-state index contributed by atoms with van der Waals surface area (Å²) < 4.78 is 11.7. The number of hydrogen-bond acceptors (Lipinski definition) is 3. The van der Waals surface area contributed by atoms with Crippen LogP contribution >= 0.6 is 0 Å². The standard InChI is InChI=1S/C16H22O3Si/c1-18-15(12-13-8-6-5-7-9-13)16(11-10-14(16)17)19-20(2,3)4/h5-9,12H,10-11H2,1-4H3/b15-12-. The van der Waals surface area contributed by atoms with Gasteiger partial charge in [0.05, 0.1) is 7.11 Å². The fraction of sp³-hybridized carbons (Fsp3) is 0.438. The molecule has 1 aliphatic rings. The number of hydrogen-bond donors (Lipinski definition) is 0. The van der Waals surface area contributed by atoms with E-state index in [4.69, 9.17) is 9.16 Å². The molecule has 1 aromatic rings. The number of benzene rings is 1. The number of rotatable bonds is 5. The molecule has 1 aliphatic carbocycles. The SMILES string of the molecule is CO/C(=C\c1ccccc1)C1(O[Si](C)(C)C)CCC1=O. The average Bonchev–Trinajstić information content (AvgIpc) is 2.41. The molecule has 0 saturated heterocycles. The summed E-state index contributed by atoms with van der Waals surface area (Å²) in [6, 6.07) is 9.88. The van der Waals surface area contributed by atoms with Gasteiger partial charge in [0.15, 0.2) is 19.7 Å². The summed E-state index contributed by atoms with van der Waals surface area (Å²) in [5, 5.41) is 0. The maximum absolute atomic E-state index is 12.2. The lowest BCUT2D eigenvalue weighted by molar-refractivity contribution is -0.146. The number of ether oxygens (including phenoxy) is 1. The van der Waals surface area contributed by atoms with Gasteiger partial charge in [0.25, 0.3) is 0 Å². The highest BCUT2D eigenvalue weighted by molar-refractivity contribution is 6.70. The largest absolute Gasteiger partial charge is 0.498 e. The number of carbonyl (C=O) groups is 1. The molecule has 1 aromatic carbocycles. The monoisotopic (exact) mass is 290 g/mol. The van der Waals surface area contributed by atoms with Gasteiger partial charge in [0.1, 0.15) is 5.76 Å². The van der Waals surface area contributed by atoms with Crippen molar-refractivity contribution in [2.45, 2.75) is 38.1 Å². The summed E-state index contributed by atoms with van der Waals surface area (Å²) in [5.74, 6) is 0.756. The van der Waals surface area contributed by atoms with E-state index in [-0.39, 0.29) is 5.78 Å². The highest BCUT2D eigenvalue weighted by Crippen LogP contribution is 2.41. The first-order chi connectivity index (χ1) is 9.37. The molecule has 1 atom stereocenters. The zero-order chi connectivity index (χ0) is 14.8. The predicted molar refractivity (Wildman–Crippen MR) is 82.8 cm³/mol. The van der Waals surface area contributed by atoms with E-state index >= 15 is 0 Å². The average molecular weight is 290 g/mol. The molecule has 1 saturated carbocycles. The van der Waals surface area contributed by atoms with Gasteiger partial charge in [0.2, 0.25) is 0 Å². The van der Waals surface area contributed by atoms with E-state index < -0.39 is 13.9 Å². The van der Waals surface area contributed by atoms with E-state index in [1.807, 2.05) is 36.4 Å². The van der Waals surface area contributed by atoms with Crippen LogP contribution in [0.15, 0.2) is 36.1 Å². The molecule has 4 heteroatoms. The predicted octanol–water partition coefficient (Wildman–Crippen LogP) is 3.63. The molecule has 3 nitrogen and oxygen atoms in total. The van der Waals surface area contributed by atoms with E-state index in [9.17, 15) is 4.79 Å². The lowest BCUT2D eigenvalue weighted by Crippen LogP contribution is -2.56. The summed E-state index contributed by atoms with van der Waals surface area (Å²) in [7, 11) is -0.235. The van der Waals surface area contributed by atoms with Crippen LogP contribution in [0.3, 0.4) is 0 Å². The van der Waals surface area contributed by atoms with Crippen molar-refractivity contribution in [1.29, 1.82) is 0 Å². The van der Waals surface area contributed by atoms with Crippen molar-refractivity contribution in [1.82, 2.24) is 0 Å². The minimum absolute atomic E-state index is 0.129. The third-order valence-electron chi connectivity index (χ3n) is 3.35. The van der Waals surface area contributed by atoms with E-state index in [1.54, 1.807) is 7.11 Å². The Balaban J connectivity index is 2.37. The van der Waals surface area contributed by atoms with Crippen LogP contribution < -0.4 is 0 Å². The Kier molecular flexibility index (Phi) is 4.16. The molecule has 0 spiro atoms. The summed E-state index contributed by atoms with van der Waals surface area (Å²) in [6.07, 6.45) is 3.19. The van der Waals surface area contributed by atoms with Crippen LogP contribution in [0, 0.1) is 0 Å². The smallest absolute Gasteiger partial charge is 0.185 e. The number of carbonyl (C=O) groups excluding carboxylic acids is 1. The van der Waals surface area contributed by atoms with Gasteiger partial charge in [-0.3, -0.25) is 4.79 Å². The van der Waals surface area contributed by atoms with Gasteiger partial charge in [-0.05, 0) is 37.7 Å². The van der Waals surface area contributed by atoms with Crippen LogP contribution in [-0.2, 0) is 14.0 Å². The van der Waals surface area contributed by atoms with Crippen molar-refractivity contribution >= 4 is 20.2 Å². The molecule has 108 valence electrons. The lowest BCUT2D eigenvalue weighted by atomic mass is 9.76. The Morgan fingerprint density at radius 1 is 1.25 bits per heavy atom. The van der Waals surface area contributed by atoms with Gasteiger partial charge < -0.3 is 9.16 Å². The first-order valence-electron chi connectivity index (χ1n) is 6.92. The topological polar surface area (TPSA) is 35.5 Å². The van der Waals surface area contributed by atoms with Gasteiger partial charge in [-0.2, -0.15) is 0 Å². The maximum Gasteiger partial charge on any atom is 0.185 e. The maximum atomic E-state index is 12.2. The Bertz CT molecular complexity index is 516. The normalized spacial score (nSPS) is 23.4. The lowest BCUT2D eigenvalue weighted by Gasteiger charge is -2.44. The van der Waals surface area contributed by atoms with Gasteiger partial charge in [-0.15, -0.1) is 0 Å². The second-order valence-electron chi connectivity index (χ2n) is 6.09. The molecule has 0 bridgehead atoms. The minimum atomic E-state index is -1.84. The van der Waals surface area contributed by atoms with E-state index in [0.717, 1.165) is 5.56 Å². The molecule has 2 rings (SSSR count). The van der Waals surface area contributed by atoms with Crippen LogP contribution in [-0.4, -0.2) is 26.8 Å². The summed E-state index contributed by atoms with van der Waals surface area (Å²) >= 11 is 0. The highest BCUT2D eigenvalue weighted by Gasteiger charge is 2.53. The van der Waals surface area contributed by atoms with Gasteiger partial charge >= 0.3 is 0 Å². The second kappa shape index (κ2) is 5.54. The molecule has 0 aliphatic heterocycles. The van der Waals surface area contributed by atoms with Gasteiger partial charge in [0, 0.05) is 6.42 Å². The van der Waals surface area contributed by atoms with Crippen molar-refractivity contribution in [2.24, 2.45) is 0 Å². The molecular weight excluding hydrogens is 268 g/mol. The fourth-order valence-electron chi connectivity index (χ4n) is 2.44. The Morgan fingerprint density at radius 3 is 2.30 bits per heavy atom. The van der Waals surface area contributed by atoms with E-state index in [1.165, 1.54) is 0 Å². The first kappa shape index (κ1) is 15.0. The van der Waals surface area contributed by atoms with Crippen LogP contribution in [0.2, 0.25) is 19.6 Å². The molecule has 0 radical (unpaired) electrons. The second-order valence-corrected chi connectivity index (χ2v) is 10.5. The summed E-state index contributed by atoms with van der Waals surface area (Å²) in [6.45, 7) is 6.28. The first-order valence-corrected chi connectivity index (χ1v) is 10.3. The zero-order valence-electron chi connectivity index (χ0n) is 12.6. The van der Waals surface area contributed by atoms with Crippen LogP contribution in [0.25, 0.3) is 6.08 Å². The molecule has 0 heterocycles. The number of Topliss-reactive ketones (excluding diaryl/α,β-unsaturated/α-hetero) is 1.